The Hall–Kier alpha value is -3.74. The van der Waals surface area contributed by atoms with E-state index in [9.17, 15) is 0 Å². The number of aryl methyl sites for hydroxylation is 1. The Kier molecular flexibility index (Phi) is 4.03. The number of hydrogen-bond donors (Lipinski definition) is 2. The number of nitrogen functional groups attached to an aromatic ring is 1. The molecule has 0 bridgehead atoms. The number of nitrogens with one attached hydrogen (secondary N) is 1. The molecule has 0 spiro atoms. The molecule has 128 valence electrons. The maximum absolute atomic E-state index is 6.12. The number of fused-ring (bicyclic) bond motifs is 1. The lowest BCUT2D eigenvalue weighted by Gasteiger charge is -2.02. The fourth-order valence-electron chi connectivity index (χ4n) is 2.64. The van der Waals surface area contributed by atoms with Gasteiger partial charge in [-0.25, -0.2) is 9.50 Å². The highest BCUT2D eigenvalue weighted by atomic mass is 15.4. The van der Waals surface area contributed by atoms with E-state index in [-0.39, 0.29) is 0 Å². The molecule has 3 aromatic heterocycles. The van der Waals surface area contributed by atoms with Gasteiger partial charge in [-0.05, 0) is 24.6 Å². The number of benzene rings is 1. The SMILES string of the molecule is Cc1cccc(/C=N/Nc2cc(N)c3nc(-c4ccncc4)cn3n2)c1. The molecule has 3 N–H and O–H groups in total. The minimum absolute atomic E-state index is 0.522. The zero-order valence-electron chi connectivity index (χ0n) is 14.2. The lowest BCUT2D eigenvalue weighted by atomic mass is 10.2. The van der Waals surface area contributed by atoms with Gasteiger partial charge in [0.2, 0.25) is 0 Å². The molecule has 0 unspecified atom stereocenters. The smallest absolute Gasteiger partial charge is 0.177 e. The van der Waals surface area contributed by atoms with Gasteiger partial charge < -0.3 is 5.73 Å². The summed E-state index contributed by atoms with van der Waals surface area (Å²) >= 11 is 0. The van der Waals surface area contributed by atoms with Gasteiger partial charge in [-0.1, -0.05) is 29.8 Å². The summed E-state index contributed by atoms with van der Waals surface area (Å²) in [6.45, 7) is 2.04. The number of nitrogens with zero attached hydrogens (tertiary/aromatic N) is 5. The van der Waals surface area contributed by atoms with Gasteiger partial charge in [-0.3, -0.25) is 10.4 Å². The lowest BCUT2D eigenvalue weighted by Crippen LogP contribution is -2.01. The van der Waals surface area contributed by atoms with Crippen molar-refractivity contribution in [1.29, 1.82) is 0 Å². The van der Waals surface area contributed by atoms with Crippen LogP contribution in [0, 0.1) is 6.92 Å². The van der Waals surface area contributed by atoms with E-state index in [4.69, 9.17) is 5.73 Å². The van der Waals surface area contributed by atoms with Gasteiger partial charge in [0.25, 0.3) is 0 Å². The zero-order chi connectivity index (χ0) is 17.9. The second-order valence-corrected chi connectivity index (χ2v) is 5.90. The lowest BCUT2D eigenvalue weighted by molar-refractivity contribution is 0.936. The summed E-state index contributed by atoms with van der Waals surface area (Å²) in [4.78, 5) is 8.56. The Labute approximate surface area is 150 Å². The van der Waals surface area contributed by atoms with E-state index in [1.54, 1.807) is 29.2 Å². The Morgan fingerprint density at radius 1 is 1.15 bits per heavy atom. The molecule has 0 atom stereocenters. The molecule has 26 heavy (non-hydrogen) atoms. The first kappa shape index (κ1) is 15.8. The molecule has 1 aromatic carbocycles. The van der Waals surface area contributed by atoms with Crippen LogP contribution in [0.25, 0.3) is 16.9 Å². The van der Waals surface area contributed by atoms with Crippen molar-refractivity contribution in [2.75, 3.05) is 11.2 Å². The van der Waals surface area contributed by atoms with Crippen LogP contribution in [-0.2, 0) is 0 Å². The number of imidazole rings is 1. The Bertz CT molecular complexity index is 1080. The molecule has 0 radical (unpaired) electrons. The molecule has 0 aliphatic heterocycles. The largest absolute Gasteiger partial charge is 0.396 e. The first-order valence-corrected chi connectivity index (χ1v) is 8.11. The average Bonchev–Trinajstić information content (AvgIpc) is 3.07. The van der Waals surface area contributed by atoms with E-state index in [1.165, 1.54) is 5.56 Å². The van der Waals surface area contributed by atoms with E-state index >= 15 is 0 Å². The summed E-state index contributed by atoms with van der Waals surface area (Å²) in [6.07, 6.45) is 7.02. The average molecular weight is 343 g/mol. The van der Waals surface area contributed by atoms with Gasteiger partial charge in [0, 0.05) is 24.0 Å². The monoisotopic (exact) mass is 343 g/mol. The molecule has 7 nitrogen and oxygen atoms in total. The molecule has 0 saturated heterocycles. The van der Waals surface area contributed by atoms with E-state index in [0.717, 1.165) is 16.8 Å². The van der Waals surface area contributed by atoms with Crippen LogP contribution in [0.15, 0.2) is 66.2 Å². The fraction of sp³-hybridized carbons (Fsp3) is 0.0526. The molecule has 0 amide bonds. The topological polar surface area (TPSA) is 93.5 Å². The molecule has 4 rings (SSSR count). The Morgan fingerprint density at radius 2 is 2.00 bits per heavy atom. The van der Waals surface area contributed by atoms with Gasteiger partial charge >= 0.3 is 0 Å². The minimum atomic E-state index is 0.522. The number of aromatic nitrogens is 4. The molecule has 0 aliphatic rings. The molecular weight excluding hydrogens is 326 g/mol. The predicted octanol–water partition coefficient (Wildman–Crippen LogP) is 3.13. The van der Waals surface area contributed by atoms with Crippen LogP contribution in [0.2, 0.25) is 0 Å². The summed E-state index contributed by atoms with van der Waals surface area (Å²) in [7, 11) is 0. The van der Waals surface area contributed by atoms with Crippen molar-refractivity contribution in [3.63, 3.8) is 0 Å². The molecule has 4 aromatic rings. The van der Waals surface area contributed by atoms with Crippen LogP contribution in [0.4, 0.5) is 11.5 Å². The molecule has 0 saturated carbocycles. The van der Waals surface area contributed by atoms with Gasteiger partial charge in [0.15, 0.2) is 11.5 Å². The molecule has 0 aliphatic carbocycles. The highest BCUT2D eigenvalue weighted by Gasteiger charge is 2.09. The summed E-state index contributed by atoms with van der Waals surface area (Å²) in [6, 6.07) is 13.6. The maximum atomic E-state index is 6.12. The number of rotatable bonds is 4. The van der Waals surface area contributed by atoms with Gasteiger partial charge in [0.1, 0.15) is 0 Å². The van der Waals surface area contributed by atoms with Crippen LogP contribution in [-0.4, -0.2) is 25.8 Å². The van der Waals surface area contributed by atoms with Crippen molar-refractivity contribution in [2.45, 2.75) is 6.92 Å². The number of pyridine rings is 1. The minimum Gasteiger partial charge on any atom is -0.396 e. The molecule has 7 heteroatoms. The van der Waals surface area contributed by atoms with Crippen molar-refractivity contribution in [3.8, 4) is 11.3 Å². The first-order chi connectivity index (χ1) is 12.7. The van der Waals surface area contributed by atoms with Gasteiger partial charge in [0.05, 0.1) is 23.8 Å². The van der Waals surface area contributed by atoms with Crippen LogP contribution in [0.5, 0.6) is 0 Å². The summed E-state index contributed by atoms with van der Waals surface area (Å²) in [5.74, 6) is 0.539. The molecular formula is C19H17N7. The molecule has 3 heterocycles. The third kappa shape index (κ3) is 3.23. The van der Waals surface area contributed by atoms with E-state index in [1.807, 2.05) is 49.5 Å². The quantitative estimate of drug-likeness (QED) is 0.438. The number of hydrazone groups is 1. The second kappa shape index (κ2) is 6.64. The summed E-state index contributed by atoms with van der Waals surface area (Å²) in [5, 5.41) is 8.70. The van der Waals surface area contributed by atoms with Crippen molar-refractivity contribution in [1.82, 2.24) is 19.6 Å². The first-order valence-electron chi connectivity index (χ1n) is 8.11. The highest BCUT2D eigenvalue weighted by molar-refractivity contribution is 5.80. The third-order valence-corrected chi connectivity index (χ3v) is 3.86. The van der Waals surface area contributed by atoms with Crippen molar-refractivity contribution < 1.29 is 0 Å². The number of anilines is 2. The van der Waals surface area contributed by atoms with Crippen LogP contribution < -0.4 is 11.2 Å². The van der Waals surface area contributed by atoms with Gasteiger partial charge in [-0.2, -0.15) is 5.10 Å². The van der Waals surface area contributed by atoms with Gasteiger partial charge in [-0.15, -0.1) is 5.10 Å². The highest BCUT2D eigenvalue weighted by Crippen LogP contribution is 2.22. The van der Waals surface area contributed by atoms with Crippen molar-refractivity contribution in [2.24, 2.45) is 5.10 Å². The van der Waals surface area contributed by atoms with Crippen LogP contribution in [0.3, 0.4) is 0 Å². The van der Waals surface area contributed by atoms with E-state index in [0.29, 0.717) is 17.2 Å². The summed E-state index contributed by atoms with van der Waals surface area (Å²) in [5.41, 5.74) is 14.1. The standard InChI is InChI=1S/C19H17N7/c1-13-3-2-4-14(9-13)11-22-24-18-10-16(20)19-23-17(12-26(19)25-18)15-5-7-21-8-6-15/h2-12H,20H2,1H3,(H,24,25)/b22-11+. The van der Waals surface area contributed by atoms with Crippen molar-refractivity contribution in [3.05, 3.63) is 72.2 Å². The fourth-order valence-corrected chi connectivity index (χ4v) is 2.64. The normalized spacial score (nSPS) is 11.3. The summed E-state index contributed by atoms with van der Waals surface area (Å²) < 4.78 is 1.65. The number of nitrogens with two attached hydrogens (primary N) is 1. The Balaban J connectivity index is 1.60. The third-order valence-electron chi connectivity index (χ3n) is 3.86. The second-order valence-electron chi connectivity index (χ2n) is 5.90. The molecule has 0 fully saturated rings. The van der Waals surface area contributed by atoms with Crippen LogP contribution >= 0.6 is 0 Å². The van der Waals surface area contributed by atoms with Crippen molar-refractivity contribution >= 4 is 23.4 Å². The van der Waals surface area contributed by atoms with E-state index in [2.05, 4.69) is 25.6 Å². The Morgan fingerprint density at radius 3 is 2.81 bits per heavy atom. The predicted molar refractivity (Wildman–Crippen MR) is 103 cm³/mol. The maximum Gasteiger partial charge on any atom is 0.177 e. The number of hydrogen-bond acceptors (Lipinski definition) is 6. The zero-order valence-corrected chi connectivity index (χ0v) is 14.2. The van der Waals surface area contributed by atoms with E-state index < -0.39 is 0 Å². The van der Waals surface area contributed by atoms with Crippen LogP contribution in [0.1, 0.15) is 11.1 Å².